The van der Waals surface area contributed by atoms with Crippen molar-refractivity contribution >= 4 is 32.3 Å². The van der Waals surface area contributed by atoms with Gasteiger partial charge < -0.3 is 0 Å². The molecule has 0 amide bonds. The van der Waals surface area contributed by atoms with Crippen LogP contribution < -0.4 is 0 Å². The zero-order valence-corrected chi connectivity index (χ0v) is 29.3. The highest BCUT2D eigenvalue weighted by Gasteiger charge is 2.37. The summed E-state index contributed by atoms with van der Waals surface area (Å²) in [7, 11) is 0. The zero-order valence-electron chi connectivity index (χ0n) is 29.3. The van der Waals surface area contributed by atoms with Gasteiger partial charge in [-0.1, -0.05) is 178 Å². The number of benzene rings is 9. The van der Waals surface area contributed by atoms with Crippen LogP contribution in [0.4, 0.5) is 0 Å². The fourth-order valence-corrected chi connectivity index (χ4v) is 9.79. The van der Waals surface area contributed by atoms with Gasteiger partial charge in [0, 0.05) is 11.3 Å². The lowest BCUT2D eigenvalue weighted by Crippen LogP contribution is -2.14. The van der Waals surface area contributed by atoms with Gasteiger partial charge in [-0.05, 0) is 117 Å². The van der Waals surface area contributed by atoms with E-state index in [2.05, 4.69) is 190 Å². The first kappa shape index (κ1) is 29.5. The molecule has 1 unspecified atom stereocenters. The predicted molar refractivity (Wildman–Crippen MR) is 220 cm³/mol. The van der Waals surface area contributed by atoms with Gasteiger partial charge in [-0.25, -0.2) is 0 Å². The average molecular weight is 661 g/mol. The topological polar surface area (TPSA) is 0 Å². The highest BCUT2D eigenvalue weighted by molar-refractivity contribution is 6.22. The van der Waals surface area contributed by atoms with Crippen LogP contribution in [-0.4, -0.2) is 0 Å². The molecule has 9 aromatic carbocycles. The van der Waals surface area contributed by atoms with Crippen molar-refractivity contribution in [2.75, 3.05) is 0 Å². The number of fused-ring (bicyclic) bond motifs is 10. The Morgan fingerprint density at radius 2 is 0.885 bits per heavy atom. The third-order valence-electron chi connectivity index (χ3n) is 12.1. The summed E-state index contributed by atoms with van der Waals surface area (Å²) in [6, 6.07) is 66.1. The number of hydrogen-bond acceptors (Lipinski definition) is 0. The van der Waals surface area contributed by atoms with Crippen molar-refractivity contribution in [3.63, 3.8) is 0 Å². The lowest BCUT2D eigenvalue weighted by Gasteiger charge is -2.22. The Labute approximate surface area is 304 Å². The molecule has 0 spiro atoms. The quantitative estimate of drug-likeness (QED) is 0.165. The Morgan fingerprint density at radius 1 is 0.365 bits per heavy atom. The summed E-state index contributed by atoms with van der Waals surface area (Å²) in [5.74, 6) is 0.240. The first-order valence-corrected chi connectivity index (χ1v) is 18.5. The van der Waals surface area contributed by atoms with E-state index in [0.29, 0.717) is 0 Å². The maximum atomic E-state index is 2.49. The molecule has 0 aromatic heterocycles. The van der Waals surface area contributed by atoms with Gasteiger partial charge in [0.15, 0.2) is 0 Å². The number of hydrogen-bond donors (Lipinski definition) is 0. The molecule has 0 fully saturated rings. The summed E-state index contributed by atoms with van der Waals surface area (Å²) in [6.45, 7) is 4.76. The Morgan fingerprint density at radius 3 is 1.58 bits per heavy atom. The SMILES string of the molecule is CC1(C)c2ccc(-c3c4ccccc4c(-c4ccc5c(c4)-c4ccccc4C5c4ccccc4)c4ccccc34)cc2-c2c1ccc1ccccc21. The summed E-state index contributed by atoms with van der Waals surface area (Å²) in [6.07, 6.45) is 0. The van der Waals surface area contributed by atoms with Gasteiger partial charge >= 0.3 is 0 Å². The van der Waals surface area contributed by atoms with Crippen molar-refractivity contribution in [3.05, 3.63) is 204 Å². The number of rotatable bonds is 3. The van der Waals surface area contributed by atoms with E-state index in [1.165, 1.54) is 105 Å². The monoisotopic (exact) mass is 660 g/mol. The Bertz CT molecular complexity index is 2870. The molecule has 0 aliphatic heterocycles. The minimum Gasteiger partial charge on any atom is -0.0622 e. The van der Waals surface area contributed by atoms with Crippen molar-refractivity contribution in [2.45, 2.75) is 25.2 Å². The Balaban J connectivity index is 1.15. The largest absolute Gasteiger partial charge is 0.0622 e. The van der Waals surface area contributed by atoms with Crippen LogP contribution in [0, 0.1) is 0 Å². The highest BCUT2D eigenvalue weighted by Crippen LogP contribution is 2.54. The molecule has 244 valence electrons. The molecule has 52 heavy (non-hydrogen) atoms. The van der Waals surface area contributed by atoms with Crippen LogP contribution in [-0.2, 0) is 5.41 Å². The predicted octanol–water partition coefficient (Wildman–Crippen LogP) is 13.9. The third-order valence-corrected chi connectivity index (χ3v) is 12.1. The third kappa shape index (κ3) is 4.04. The second-order valence-electron chi connectivity index (χ2n) is 15.2. The van der Waals surface area contributed by atoms with E-state index in [4.69, 9.17) is 0 Å². The van der Waals surface area contributed by atoms with Crippen molar-refractivity contribution in [1.29, 1.82) is 0 Å². The highest BCUT2D eigenvalue weighted by atomic mass is 14.4. The van der Waals surface area contributed by atoms with E-state index in [-0.39, 0.29) is 11.3 Å². The van der Waals surface area contributed by atoms with E-state index < -0.39 is 0 Å². The van der Waals surface area contributed by atoms with E-state index in [1.54, 1.807) is 0 Å². The summed E-state index contributed by atoms with van der Waals surface area (Å²) >= 11 is 0. The van der Waals surface area contributed by atoms with Crippen LogP contribution in [0.2, 0.25) is 0 Å². The molecule has 0 heterocycles. The van der Waals surface area contributed by atoms with Crippen molar-refractivity contribution in [3.8, 4) is 44.5 Å². The normalized spacial score (nSPS) is 15.1. The van der Waals surface area contributed by atoms with E-state index >= 15 is 0 Å². The molecule has 9 aromatic rings. The fourth-order valence-electron chi connectivity index (χ4n) is 9.79. The Hall–Kier alpha value is -6.24. The fraction of sp³-hybridized carbons (Fsp3) is 0.0769. The van der Waals surface area contributed by atoms with Gasteiger partial charge in [0.25, 0.3) is 0 Å². The lowest BCUT2D eigenvalue weighted by molar-refractivity contribution is 0.661. The molecule has 2 aliphatic rings. The van der Waals surface area contributed by atoms with Crippen LogP contribution in [0.25, 0.3) is 76.8 Å². The first-order valence-electron chi connectivity index (χ1n) is 18.5. The average Bonchev–Trinajstić information content (AvgIpc) is 3.65. The van der Waals surface area contributed by atoms with Crippen LogP contribution in [0.1, 0.15) is 47.6 Å². The molecule has 0 saturated heterocycles. The molecule has 0 heteroatoms. The van der Waals surface area contributed by atoms with Gasteiger partial charge in [-0.3, -0.25) is 0 Å². The van der Waals surface area contributed by atoms with Crippen LogP contribution in [0.5, 0.6) is 0 Å². The summed E-state index contributed by atoms with van der Waals surface area (Å²) in [5, 5.41) is 7.77. The molecule has 0 bridgehead atoms. The molecule has 1 atom stereocenters. The second-order valence-corrected chi connectivity index (χ2v) is 15.2. The van der Waals surface area contributed by atoms with E-state index in [0.717, 1.165) is 0 Å². The second kappa shape index (κ2) is 10.9. The van der Waals surface area contributed by atoms with Crippen LogP contribution in [0.3, 0.4) is 0 Å². The van der Waals surface area contributed by atoms with Gasteiger partial charge in [0.1, 0.15) is 0 Å². The van der Waals surface area contributed by atoms with Crippen LogP contribution in [0.15, 0.2) is 176 Å². The summed E-state index contributed by atoms with van der Waals surface area (Å²) < 4.78 is 0. The Kier molecular flexibility index (Phi) is 6.17. The molecular weight excluding hydrogens is 625 g/mol. The van der Waals surface area contributed by atoms with Crippen molar-refractivity contribution in [1.82, 2.24) is 0 Å². The van der Waals surface area contributed by atoms with Gasteiger partial charge in [-0.2, -0.15) is 0 Å². The molecule has 11 rings (SSSR count). The lowest BCUT2D eigenvalue weighted by atomic mass is 9.81. The zero-order chi connectivity index (χ0) is 34.6. The van der Waals surface area contributed by atoms with Crippen molar-refractivity contribution in [2.24, 2.45) is 0 Å². The van der Waals surface area contributed by atoms with E-state index in [1.807, 2.05) is 0 Å². The molecule has 0 radical (unpaired) electrons. The maximum absolute atomic E-state index is 2.49. The molecule has 2 aliphatic carbocycles. The first-order chi connectivity index (χ1) is 25.6. The summed E-state index contributed by atoms with van der Waals surface area (Å²) in [5.41, 5.74) is 17.4. The molecule has 0 saturated carbocycles. The van der Waals surface area contributed by atoms with Gasteiger partial charge in [0.05, 0.1) is 0 Å². The molecule has 0 nitrogen and oxygen atoms in total. The van der Waals surface area contributed by atoms with E-state index in [9.17, 15) is 0 Å². The van der Waals surface area contributed by atoms with Gasteiger partial charge in [-0.15, -0.1) is 0 Å². The summed E-state index contributed by atoms with van der Waals surface area (Å²) in [4.78, 5) is 0. The standard InChI is InChI=1S/C52H36/c1-52(2)46-28-26-35(31-45(46)51-36-17-7-6-14-32(36)25-29-47(51)52)50-41-22-12-10-20-39(41)49(40-21-11-13-23-42(40)50)34-24-27-43-44(30-34)37-18-8-9-19-38(37)48(43)33-15-4-3-5-16-33/h3-31,48H,1-2H3. The van der Waals surface area contributed by atoms with Crippen molar-refractivity contribution < 1.29 is 0 Å². The minimum atomic E-state index is -0.0626. The smallest absolute Gasteiger partial charge is 0.0352 e. The van der Waals surface area contributed by atoms with Gasteiger partial charge in [0.2, 0.25) is 0 Å². The molecule has 0 N–H and O–H groups in total. The molecular formula is C52H36. The van der Waals surface area contributed by atoms with Crippen LogP contribution >= 0.6 is 0 Å². The maximum Gasteiger partial charge on any atom is 0.0352 e. The minimum absolute atomic E-state index is 0.0626.